The van der Waals surface area contributed by atoms with Crippen LogP contribution in [-0.4, -0.2) is 30.7 Å². The maximum Gasteiger partial charge on any atom is 0.0788 e. The minimum Gasteiger partial charge on any atom is -1.00 e. The van der Waals surface area contributed by atoms with E-state index in [0.29, 0.717) is 0 Å². The second-order valence-corrected chi connectivity index (χ2v) is 6.06. The topological polar surface area (TPSA) is 0 Å². The second-order valence-electron chi connectivity index (χ2n) is 6.06. The molecule has 1 heterocycles. The van der Waals surface area contributed by atoms with Crippen molar-refractivity contribution in [2.45, 2.75) is 78.1 Å². The first kappa shape index (κ1) is 18.7. The van der Waals surface area contributed by atoms with Crippen LogP contribution in [0.1, 0.15) is 78.1 Å². The lowest BCUT2D eigenvalue weighted by molar-refractivity contribution is -0.917. The van der Waals surface area contributed by atoms with Crippen molar-refractivity contribution in [3.05, 3.63) is 0 Å². The van der Waals surface area contributed by atoms with Crippen molar-refractivity contribution in [2.24, 2.45) is 0 Å². The average Bonchev–Trinajstić information content (AvgIpc) is 2.80. The first-order chi connectivity index (χ1) is 8.33. The quantitative estimate of drug-likeness (QED) is 0.314. The van der Waals surface area contributed by atoms with Gasteiger partial charge in [-0.15, -0.1) is 0 Å². The van der Waals surface area contributed by atoms with Crippen LogP contribution in [0.2, 0.25) is 0 Å². The Morgan fingerprint density at radius 2 is 1.11 bits per heavy atom. The SMILES string of the molecule is CCCCCC[N+]1(CCCCCC)CCCC1.[I-]. The number of unbranched alkanes of at least 4 members (excludes halogenated alkanes) is 6. The summed E-state index contributed by atoms with van der Waals surface area (Å²) in [5.41, 5.74) is 0. The van der Waals surface area contributed by atoms with Crippen LogP contribution in [-0.2, 0) is 0 Å². The molecule has 0 bridgehead atoms. The highest BCUT2D eigenvalue weighted by Crippen LogP contribution is 2.22. The smallest absolute Gasteiger partial charge is 0.0788 e. The first-order valence-corrected chi connectivity index (χ1v) is 8.18. The van der Waals surface area contributed by atoms with Crippen molar-refractivity contribution >= 4 is 0 Å². The van der Waals surface area contributed by atoms with Gasteiger partial charge in [0.2, 0.25) is 0 Å². The number of nitrogens with zero attached hydrogens (tertiary/aromatic N) is 1. The third-order valence-corrected chi connectivity index (χ3v) is 4.49. The van der Waals surface area contributed by atoms with Crippen molar-refractivity contribution in [3.63, 3.8) is 0 Å². The predicted octanol–water partition coefficient (Wildman–Crippen LogP) is 1.76. The lowest BCUT2D eigenvalue weighted by atomic mass is 10.1. The number of hydrogen-bond donors (Lipinski definition) is 0. The van der Waals surface area contributed by atoms with Gasteiger partial charge in [0.05, 0.1) is 26.2 Å². The lowest BCUT2D eigenvalue weighted by Crippen LogP contribution is -3.00. The highest BCUT2D eigenvalue weighted by atomic mass is 127. The molecule has 0 aromatic heterocycles. The third-order valence-electron chi connectivity index (χ3n) is 4.49. The van der Waals surface area contributed by atoms with E-state index in [2.05, 4.69) is 13.8 Å². The summed E-state index contributed by atoms with van der Waals surface area (Å²) < 4.78 is 1.48. The van der Waals surface area contributed by atoms with E-state index in [0.717, 1.165) is 0 Å². The van der Waals surface area contributed by atoms with Crippen LogP contribution < -0.4 is 24.0 Å². The van der Waals surface area contributed by atoms with Gasteiger partial charge in [0, 0.05) is 12.8 Å². The Balaban J connectivity index is 0.00000289. The molecule has 0 aromatic rings. The van der Waals surface area contributed by atoms with E-state index >= 15 is 0 Å². The van der Waals surface area contributed by atoms with Gasteiger partial charge in [-0.3, -0.25) is 0 Å². The molecule has 1 fully saturated rings. The molecule has 0 atom stereocenters. The molecule has 0 amide bonds. The van der Waals surface area contributed by atoms with Crippen LogP contribution in [0.3, 0.4) is 0 Å². The number of likely N-dealkylation sites (tertiary alicyclic amines) is 1. The van der Waals surface area contributed by atoms with Crippen LogP contribution in [0.5, 0.6) is 0 Å². The minimum absolute atomic E-state index is 0. The van der Waals surface area contributed by atoms with Crippen molar-refractivity contribution < 1.29 is 28.5 Å². The number of hydrogen-bond acceptors (Lipinski definition) is 0. The molecular formula is C16H34IN. The third kappa shape index (κ3) is 7.32. The van der Waals surface area contributed by atoms with Crippen molar-refractivity contribution in [1.82, 2.24) is 0 Å². The van der Waals surface area contributed by atoms with Gasteiger partial charge in [-0.1, -0.05) is 39.5 Å². The Labute approximate surface area is 132 Å². The summed E-state index contributed by atoms with van der Waals surface area (Å²) in [5, 5.41) is 0. The van der Waals surface area contributed by atoms with Gasteiger partial charge in [0.25, 0.3) is 0 Å². The number of halogens is 1. The van der Waals surface area contributed by atoms with Crippen LogP contribution in [0.4, 0.5) is 0 Å². The fraction of sp³-hybridized carbons (Fsp3) is 1.00. The molecule has 1 nitrogen and oxygen atoms in total. The Kier molecular flexibility index (Phi) is 12.0. The Morgan fingerprint density at radius 1 is 0.667 bits per heavy atom. The van der Waals surface area contributed by atoms with E-state index in [1.807, 2.05) is 0 Å². The van der Waals surface area contributed by atoms with Gasteiger partial charge in [-0.2, -0.15) is 0 Å². The molecule has 1 saturated heterocycles. The minimum atomic E-state index is 0. The lowest BCUT2D eigenvalue weighted by Gasteiger charge is -2.34. The van der Waals surface area contributed by atoms with E-state index < -0.39 is 0 Å². The molecule has 0 aliphatic carbocycles. The summed E-state index contributed by atoms with van der Waals surface area (Å²) in [6.07, 6.45) is 14.5. The molecule has 0 spiro atoms. The summed E-state index contributed by atoms with van der Waals surface area (Å²) in [6.45, 7) is 10.5. The molecule has 18 heavy (non-hydrogen) atoms. The molecule has 110 valence electrons. The molecule has 0 saturated carbocycles. The highest BCUT2D eigenvalue weighted by molar-refractivity contribution is 4.56. The molecule has 2 heteroatoms. The highest BCUT2D eigenvalue weighted by Gasteiger charge is 2.30. The molecule has 0 aromatic carbocycles. The first-order valence-electron chi connectivity index (χ1n) is 8.18. The zero-order chi connectivity index (χ0) is 12.4. The molecule has 0 unspecified atom stereocenters. The molecule has 0 N–H and O–H groups in total. The van der Waals surface area contributed by atoms with Gasteiger partial charge in [0.1, 0.15) is 0 Å². The zero-order valence-electron chi connectivity index (χ0n) is 12.7. The molecule has 1 aliphatic heterocycles. The van der Waals surface area contributed by atoms with E-state index in [4.69, 9.17) is 0 Å². The largest absolute Gasteiger partial charge is 1.00 e. The van der Waals surface area contributed by atoms with E-state index in [9.17, 15) is 0 Å². The molecule has 0 radical (unpaired) electrons. The Morgan fingerprint density at radius 3 is 1.50 bits per heavy atom. The number of quaternary nitrogens is 1. The summed E-state index contributed by atoms with van der Waals surface area (Å²) in [7, 11) is 0. The second kappa shape index (κ2) is 11.5. The van der Waals surface area contributed by atoms with Crippen LogP contribution in [0.25, 0.3) is 0 Å². The summed E-state index contributed by atoms with van der Waals surface area (Å²) >= 11 is 0. The summed E-state index contributed by atoms with van der Waals surface area (Å²) in [6, 6.07) is 0. The van der Waals surface area contributed by atoms with E-state index in [1.54, 1.807) is 0 Å². The van der Waals surface area contributed by atoms with Crippen LogP contribution in [0, 0.1) is 0 Å². The van der Waals surface area contributed by atoms with Gasteiger partial charge in [-0.05, 0) is 25.7 Å². The summed E-state index contributed by atoms with van der Waals surface area (Å²) in [4.78, 5) is 0. The fourth-order valence-electron chi connectivity index (χ4n) is 3.31. The fourth-order valence-corrected chi connectivity index (χ4v) is 3.31. The van der Waals surface area contributed by atoms with Gasteiger partial charge >= 0.3 is 0 Å². The molecule has 1 aliphatic rings. The van der Waals surface area contributed by atoms with Crippen LogP contribution >= 0.6 is 0 Å². The predicted molar refractivity (Wildman–Crippen MR) is 77.2 cm³/mol. The molecule has 1 rings (SSSR count). The van der Waals surface area contributed by atoms with E-state index in [-0.39, 0.29) is 24.0 Å². The van der Waals surface area contributed by atoms with Crippen LogP contribution in [0.15, 0.2) is 0 Å². The number of rotatable bonds is 10. The maximum absolute atomic E-state index is 2.31. The van der Waals surface area contributed by atoms with Gasteiger partial charge in [-0.25, -0.2) is 0 Å². The maximum atomic E-state index is 2.31. The van der Waals surface area contributed by atoms with Crippen molar-refractivity contribution in [1.29, 1.82) is 0 Å². The average molecular weight is 367 g/mol. The summed E-state index contributed by atoms with van der Waals surface area (Å²) in [5.74, 6) is 0. The normalized spacial score (nSPS) is 17.7. The van der Waals surface area contributed by atoms with Crippen molar-refractivity contribution in [2.75, 3.05) is 26.2 Å². The van der Waals surface area contributed by atoms with Gasteiger partial charge in [0.15, 0.2) is 0 Å². The van der Waals surface area contributed by atoms with Crippen molar-refractivity contribution in [3.8, 4) is 0 Å². The monoisotopic (exact) mass is 367 g/mol. The molecular weight excluding hydrogens is 333 g/mol. The Hall–Kier alpha value is 0.690. The Bertz CT molecular complexity index is 162. The zero-order valence-corrected chi connectivity index (χ0v) is 14.9. The standard InChI is InChI=1S/C16H34N.HI/c1-3-5-7-9-13-17(15-11-12-16-17)14-10-8-6-4-2;/h3-16H2,1-2H3;1H/q+1;/p-1. The van der Waals surface area contributed by atoms with E-state index in [1.165, 1.54) is 94.9 Å². The van der Waals surface area contributed by atoms with Gasteiger partial charge < -0.3 is 28.5 Å².